The highest BCUT2D eigenvalue weighted by Gasteiger charge is 2.55. The largest absolute Gasteiger partial charge is 0.481 e. The number of carboxylic acids is 1. The van der Waals surface area contributed by atoms with Gasteiger partial charge in [0.2, 0.25) is 0 Å². The summed E-state index contributed by atoms with van der Waals surface area (Å²) in [6, 6.07) is 4.03. The van der Waals surface area contributed by atoms with Crippen LogP contribution in [0.25, 0.3) is 0 Å². The Hall–Kier alpha value is -1.80. The molecule has 4 bridgehead atoms. The smallest absolute Gasteiger partial charge is 0.303 e. The number of pyridine rings is 1. The number of nitrogens with zero attached hydrogens (tertiary/aromatic N) is 2. The summed E-state index contributed by atoms with van der Waals surface area (Å²) < 4.78 is 0. The highest BCUT2D eigenvalue weighted by molar-refractivity contribution is 7.99. The van der Waals surface area contributed by atoms with Crippen LogP contribution in [0, 0.1) is 23.7 Å². The molecule has 3 N–H and O–H groups in total. The maximum absolute atomic E-state index is 13.6. The number of nitrogens with one attached hydrogen (secondary N) is 1. The minimum atomic E-state index is -0.744. The Balaban J connectivity index is 1.21. The van der Waals surface area contributed by atoms with Gasteiger partial charge in [-0.25, -0.2) is 4.98 Å². The van der Waals surface area contributed by atoms with Crippen LogP contribution in [0.1, 0.15) is 81.0 Å². The summed E-state index contributed by atoms with van der Waals surface area (Å²) in [5.74, 6) is 1.60. The van der Waals surface area contributed by atoms with Crippen molar-refractivity contribution in [2.75, 3.05) is 18.0 Å². The van der Waals surface area contributed by atoms with Crippen LogP contribution >= 0.6 is 11.8 Å². The number of hydrogen-bond acceptors (Lipinski definition) is 6. The first-order chi connectivity index (χ1) is 16.8. The summed E-state index contributed by atoms with van der Waals surface area (Å²) in [6.07, 6.45) is 10.7. The van der Waals surface area contributed by atoms with Crippen LogP contribution in [0.4, 0.5) is 5.82 Å². The summed E-state index contributed by atoms with van der Waals surface area (Å²) in [5.41, 5.74) is 0.165. The molecule has 1 aromatic heterocycles. The third-order valence-corrected chi connectivity index (χ3v) is 10.6. The van der Waals surface area contributed by atoms with Gasteiger partial charge in [-0.1, -0.05) is 12.8 Å². The number of aliphatic carboxylic acids is 1. The van der Waals surface area contributed by atoms with Gasteiger partial charge in [-0.3, -0.25) is 9.59 Å². The van der Waals surface area contributed by atoms with Gasteiger partial charge in [-0.15, -0.1) is 11.8 Å². The van der Waals surface area contributed by atoms with Crippen molar-refractivity contribution in [1.29, 1.82) is 0 Å². The van der Waals surface area contributed by atoms with Crippen molar-refractivity contribution in [2.24, 2.45) is 23.7 Å². The highest BCUT2D eigenvalue weighted by Crippen LogP contribution is 2.55. The average molecular weight is 500 g/mol. The average Bonchev–Trinajstić information content (AvgIpc) is 3.47. The molecule has 1 saturated heterocycles. The minimum Gasteiger partial charge on any atom is -0.481 e. The Morgan fingerprint density at radius 2 is 1.86 bits per heavy atom. The lowest BCUT2D eigenvalue weighted by Crippen LogP contribution is -2.61. The molecule has 0 aromatic carbocycles. The number of thioether (sulfide) groups is 1. The summed E-state index contributed by atoms with van der Waals surface area (Å²) in [4.78, 5) is 31.9. The highest BCUT2D eigenvalue weighted by atomic mass is 32.2. The lowest BCUT2D eigenvalue weighted by molar-refractivity contribution is -0.138. The zero-order valence-electron chi connectivity index (χ0n) is 20.3. The zero-order valence-corrected chi connectivity index (χ0v) is 21.1. The van der Waals surface area contributed by atoms with Crippen molar-refractivity contribution < 1.29 is 19.8 Å². The number of carboxylic acid groups (broad SMARTS) is 1. The number of carbonyl (C=O) groups excluding carboxylic acids is 1. The Bertz CT molecular complexity index is 981. The first-order valence-electron chi connectivity index (χ1n) is 13.5. The molecule has 5 aliphatic carbocycles. The van der Waals surface area contributed by atoms with Gasteiger partial charge < -0.3 is 20.4 Å². The van der Waals surface area contributed by atoms with Gasteiger partial charge in [0.25, 0.3) is 5.91 Å². The summed E-state index contributed by atoms with van der Waals surface area (Å²) >= 11 is 1.75. The van der Waals surface area contributed by atoms with Gasteiger partial charge in [-0.2, -0.15) is 0 Å². The summed E-state index contributed by atoms with van der Waals surface area (Å²) in [6.45, 7) is 1.51. The van der Waals surface area contributed by atoms with Gasteiger partial charge >= 0.3 is 5.97 Å². The molecule has 3 unspecified atom stereocenters. The molecule has 6 aliphatic rings. The molecule has 1 aromatic rings. The molecule has 35 heavy (non-hydrogen) atoms. The van der Waals surface area contributed by atoms with E-state index < -0.39 is 11.6 Å². The van der Waals surface area contributed by atoms with Gasteiger partial charge in [-0.05, 0) is 87.2 Å². The topological polar surface area (TPSA) is 103 Å². The monoisotopic (exact) mass is 499 g/mol. The van der Waals surface area contributed by atoms with Crippen LogP contribution < -0.4 is 10.2 Å². The second-order valence-electron chi connectivity index (χ2n) is 11.9. The van der Waals surface area contributed by atoms with E-state index >= 15 is 0 Å². The number of anilines is 1. The summed E-state index contributed by atoms with van der Waals surface area (Å²) in [7, 11) is 0. The van der Waals surface area contributed by atoms with E-state index in [0.29, 0.717) is 35.1 Å². The number of aliphatic hydroxyl groups is 1. The van der Waals surface area contributed by atoms with Gasteiger partial charge in [0.1, 0.15) is 10.8 Å². The van der Waals surface area contributed by atoms with Crippen molar-refractivity contribution in [3.63, 3.8) is 0 Å². The molecule has 5 saturated carbocycles. The van der Waals surface area contributed by atoms with E-state index in [-0.39, 0.29) is 24.3 Å². The molecule has 0 radical (unpaired) electrons. The standard InChI is InChI=1S/C27H37N3O4S/c31-23(32)11-16-7-8-30(15-16)22-6-5-21(26(28-22)35-20-3-1-2-4-20)25(33)29-24-18-9-17-10-19(24)14-27(34,12-17)13-18/h5-6,16-20,24,34H,1-4,7-15H2,(H,29,33)(H,31,32). The molecule has 190 valence electrons. The predicted octanol–water partition coefficient (Wildman–Crippen LogP) is 4.09. The Labute approximate surface area is 211 Å². The molecule has 1 aliphatic heterocycles. The fraction of sp³-hybridized carbons (Fsp3) is 0.741. The molecule has 2 heterocycles. The Morgan fingerprint density at radius 3 is 2.54 bits per heavy atom. The predicted molar refractivity (Wildman–Crippen MR) is 135 cm³/mol. The molecule has 0 spiro atoms. The maximum Gasteiger partial charge on any atom is 0.303 e. The van der Waals surface area contributed by atoms with Crippen LogP contribution in [0.5, 0.6) is 0 Å². The quantitative estimate of drug-likeness (QED) is 0.519. The van der Waals surface area contributed by atoms with E-state index in [1.165, 1.54) is 12.8 Å². The number of rotatable bonds is 7. The molecule has 1 amide bonds. The van der Waals surface area contributed by atoms with E-state index in [1.807, 2.05) is 12.1 Å². The van der Waals surface area contributed by atoms with Crippen LogP contribution in [0.3, 0.4) is 0 Å². The van der Waals surface area contributed by atoms with E-state index in [2.05, 4.69) is 10.2 Å². The van der Waals surface area contributed by atoms with Gasteiger partial charge in [0, 0.05) is 30.8 Å². The Kier molecular flexibility index (Phi) is 6.24. The minimum absolute atomic E-state index is 0.0285. The number of hydrogen-bond donors (Lipinski definition) is 3. The third-order valence-electron chi connectivity index (χ3n) is 9.28. The first-order valence-corrected chi connectivity index (χ1v) is 14.4. The van der Waals surface area contributed by atoms with E-state index in [0.717, 1.165) is 68.8 Å². The van der Waals surface area contributed by atoms with Crippen LogP contribution in [-0.4, -0.2) is 57.1 Å². The summed E-state index contributed by atoms with van der Waals surface area (Å²) in [5, 5.41) is 24.8. The molecule has 7 rings (SSSR count). The number of carbonyl (C=O) groups is 2. The van der Waals surface area contributed by atoms with Crippen LogP contribution in [0.15, 0.2) is 17.2 Å². The zero-order chi connectivity index (χ0) is 24.2. The van der Waals surface area contributed by atoms with E-state index in [4.69, 9.17) is 10.1 Å². The molecule has 3 atom stereocenters. The lowest BCUT2D eigenvalue weighted by Gasteiger charge is -2.58. The SMILES string of the molecule is O=C(O)CC1CCN(c2ccc(C(=O)NC3C4CC5CC3CC(O)(C5)C4)c(SC3CCCC3)n2)C1. The van der Waals surface area contributed by atoms with Crippen LogP contribution in [0.2, 0.25) is 0 Å². The van der Waals surface area contributed by atoms with Crippen molar-refractivity contribution >= 4 is 29.5 Å². The van der Waals surface area contributed by atoms with Crippen molar-refractivity contribution in [3.8, 4) is 0 Å². The number of aromatic nitrogens is 1. The van der Waals surface area contributed by atoms with E-state index in [1.54, 1.807) is 11.8 Å². The molecular formula is C27H37N3O4S. The third kappa shape index (κ3) is 4.80. The molecule has 6 fully saturated rings. The Morgan fingerprint density at radius 1 is 1.11 bits per heavy atom. The van der Waals surface area contributed by atoms with Gasteiger partial charge in [0.05, 0.1) is 11.2 Å². The fourth-order valence-electron chi connectivity index (χ4n) is 7.93. The van der Waals surface area contributed by atoms with E-state index in [9.17, 15) is 14.7 Å². The number of amides is 1. The van der Waals surface area contributed by atoms with Crippen molar-refractivity contribution in [1.82, 2.24) is 10.3 Å². The normalized spacial score (nSPS) is 36.1. The molecule has 8 heteroatoms. The fourth-order valence-corrected chi connectivity index (χ4v) is 9.25. The van der Waals surface area contributed by atoms with Gasteiger partial charge in [0.15, 0.2) is 0 Å². The first kappa shape index (κ1) is 23.6. The molecular weight excluding hydrogens is 462 g/mol. The molecule has 7 nitrogen and oxygen atoms in total. The van der Waals surface area contributed by atoms with Crippen molar-refractivity contribution in [3.05, 3.63) is 17.7 Å². The maximum atomic E-state index is 13.6. The lowest BCUT2D eigenvalue weighted by atomic mass is 9.52. The second kappa shape index (κ2) is 9.25. The van der Waals surface area contributed by atoms with Crippen molar-refractivity contribution in [2.45, 2.75) is 92.5 Å². The second-order valence-corrected chi connectivity index (χ2v) is 13.2. The van der Waals surface area contributed by atoms with Crippen LogP contribution in [-0.2, 0) is 4.79 Å².